The minimum absolute atomic E-state index is 0.0170. The first-order chi connectivity index (χ1) is 42.5. The summed E-state index contributed by atoms with van der Waals surface area (Å²) in [6, 6.07) is -7.85. The van der Waals surface area contributed by atoms with Gasteiger partial charge in [0.15, 0.2) is 18.7 Å². The normalized spacial score (nSPS) is 24.8. The first-order valence-corrected chi connectivity index (χ1v) is 29.2. The molecule has 0 aliphatic carbocycles. The highest BCUT2D eigenvalue weighted by Crippen LogP contribution is 2.35. The van der Waals surface area contributed by atoms with E-state index in [0.717, 1.165) is 23.9 Å². The van der Waals surface area contributed by atoms with Crippen LogP contribution in [0.15, 0.2) is 23.3 Å². The number of aromatic amines is 1. The number of hydrogen-bond acceptors (Lipinski definition) is 31. The topological polar surface area (TPSA) is 641 Å². The lowest BCUT2D eigenvalue weighted by Gasteiger charge is -2.47. The van der Waals surface area contributed by atoms with Gasteiger partial charge >= 0.3 is 6.09 Å². The van der Waals surface area contributed by atoms with Crippen molar-refractivity contribution in [3.05, 3.63) is 56.8 Å². The summed E-state index contributed by atoms with van der Waals surface area (Å²) in [5.74, 6) is -9.13. The number of anilines is 1. The summed E-state index contributed by atoms with van der Waals surface area (Å²) in [6.07, 6.45) is -25.1. The highest BCUT2D eigenvalue weighted by atomic mass is 32.1. The molecular formula is C50H73N17O21S2. The zero-order valence-electron chi connectivity index (χ0n) is 48.4. The fraction of sp³-hybridized carbons (Fsp3) is 0.580. The first kappa shape index (κ1) is 71.4. The van der Waals surface area contributed by atoms with Crippen molar-refractivity contribution in [3.63, 3.8) is 0 Å². The summed E-state index contributed by atoms with van der Waals surface area (Å²) in [7, 11) is 0. The summed E-state index contributed by atoms with van der Waals surface area (Å²) in [5, 5.41) is 105. The molecular weight excluding hydrogens is 1240 g/mol. The van der Waals surface area contributed by atoms with Crippen molar-refractivity contribution in [1.29, 1.82) is 0 Å². The number of imidazole rings is 1. The van der Waals surface area contributed by atoms with Gasteiger partial charge in [-0.1, -0.05) is 6.92 Å². The molecule has 10 unspecified atom stereocenters. The van der Waals surface area contributed by atoms with Crippen molar-refractivity contribution < 1.29 is 103 Å². The van der Waals surface area contributed by atoms with E-state index in [4.69, 9.17) is 58.1 Å². The number of ether oxygens (including phenoxy) is 5. The number of nitrogens with two attached hydrogens (primary N) is 6. The molecule has 40 heteroatoms. The van der Waals surface area contributed by atoms with Crippen molar-refractivity contribution in [3.8, 4) is 10.7 Å². The molecule has 2 saturated heterocycles. The summed E-state index contributed by atoms with van der Waals surface area (Å²) in [4.78, 5) is 129. The Hall–Kier alpha value is -7.65. The van der Waals surface area contributed by atoms with Crippen molar-refractivity contribution in [2.24, 2.45) is 34.6 Å². The van der Waals surface area contributed by atoms with Crippen molar-refractivity contribution in [2.45, 2.75) is 150 Å². The van der Waals surface area contributed by atoms with Crippen LogP contribution in [-0.2, 0) is 54.1 Å². The van der Waals surface area contributed by atoms with E-state index in [2.05, 4.69) is 56.5 Å². The van der Waals surface area contributed by atoms with E-state index in [1.807, 2.05) is 0 Å². The molecule has 6 heterocycles. The van der Waals surface area contributed by atoms with Gasteiger partial charge in [-0.3, -0.25) is 33.6 Å². The number of aromatic nitrogens is 6. The van der Waals surface area contributed by atoms with Crippen LogP contribution in [-0.4, -0.2) is 242 Å². The maximum Gasteiger partial charge on any atom is 0.404 e. The van der Waals surface area contributed by atoms with Crippen molar-refractivity contribution in [1.82, 2.24) is 56.5 Å². The van der Waals surface area contributed by atoms with Gasteiger partial charge in [-0.05, 0) is 20.8 Å². The molecule has 0 radical (unpaired) electrons. The summed E-state index contributed by atoms with van der Waals surface area (Å²) >= 11 is 2.40. The van der Waals surface area contributed by atoms with E-state index in [0.29, 0.717) is 15.7 Å². The number of thiazole rings is 2. The van der Waals surface area contributed by atoms with Gasteiger partial charge in [0.1, 0.15) is 94.6 Å². The van der Waals surface area contributed by atoms with E-state index < -0.39 is 189 Å². The Bertz CT molecular complexity index is 3150. The average molecular weight is 1310 g/mol. The van der Waals surface area contributed by atoms with Gasteiger partial charge in [-0.25, -0.2) is 29.7 Å². The molecule has 0 spiro atoms. The second-order valence-electron chi connectivity index (χ2n) is 20.9. The quantitative estimate of drug-likeness (QED) is 0.0222. The number of aliphatic hydroxyl groups is 8. The fourth-order valence-electron chi connectivity index (χ4n) is 9.15. The predicted octanol–water partition coefficient (Wildman–Crippen LogP) is -8.60. The average Bonchev–Trinajstić information content (AvgIpc) is 0.905. The molecule has 2 aliphatic heterocycles. The molecule has 19 atom stereocenters. The fourth-order valence-corrected chi connectivity index (χ4v) is 10.8. The number of nitrogens with one attached hydrogen (secondary N) is 6. The maximum atomic E-state index is 15.1. The Balaban J connectivity index is 1.31. The van der Waals surface area contributed by atoms with E-state index in [1.165, 1.54) is 44.4 Å². The standard InChI is InChI=1S/C50H73N17O21S2/c1-15-28(64-42(67-39(15)53)20(7-26(52)71)59-8-19(51)40(54)77)45(81)66-30(36(21-9-57-14-60-21)86-49-38(34(75)32(73)24(10-68)85-49)87-48-35(76)37(88-50(56)83)33(74)25(11-69)84-48)46(82)61-17(3)31(72)16(2)43(79)65-29(18(4)70)44(80)58-6-5-27-62-23(13-89-27)47-63-22(12-90-47)41(55)78/h9,12-14,16-20,24-25,29-38,48-49,59,68-70,72-76H,5-8,10-11,51H2,1-4H3,(H2,52,71)(H2,54,77)(H2,55,78)(H2,56,83)(H,57,60)(H,58,80)(H,61,82)(H,65,79)(H,66,81)(H2,53,64,67)/t16-,17+,18+,19-,20-,24?,25?,29-,30-,31-,32?,33?,34?,35?,36-,37?,38?,48?,49?/m0/s1. The molecule has 2 aliphatic rings. The molecule has 8 amide bonds. The van der Waals surface area contributed by atoms with Gasteiger partial charge in [0, 0.05) is 42.3 Å². The lowest BCUT2D eigenvalue weighted by Crippen LogP contribution is -2.65. The van der Waals surface area contributed by atoms with E-state index in [-0.39, 0.29) is 48.1 Å². The lowest BCUT2D eigenvalue weighted by molar-refractivity contribution is -0.372. The van der Waals surface area contributed by atoms with Crippen LogP contribution in [0.2, 0.25) is 0 Å². The Morgan fingerprint density at radius 3 is 2.07 bits per heavy atom. The first-order valence-electron chi connectivity index (χ1n) is 27.4. The van der Waals surface area contributed by atoms with Crippen LogP contribution >= 0.6 is 22.7 Å². The summed E-state index contributed by atoms with van der Waals surface area (Å²) < 4.78 is 28.7. The van der Waals surface area contributed by atoms with Gasteiger partial charge < -0.3 is 131 Å². The number of aliphatic hydroxyl groups excluding tert-OH is 8. The minimum Gasteiger partial charge on any atom is -0.441 e. The monoisotopic (exact) mass is 1310 g/mol. The van der Waals surface area contributed by atoms with Crippen LogP contribution in [0.4, 0.5) is 10.6 Å². The molecule has 4 aromatic heterocycles. The van der Waals surface area contributed by atoms with Crippen molar-refractivity contribution in [2.75, 3.05) is 32.0 Å². The number of hydrogen-bond donors (Lipinski definition) is 20. The predicted molar refractivity (Wildman–Crippen MR) is 306 cm³/mol. The smallest absolute Gasteiger partial charge is 0.404 e. The Morgan fingerprint density at radius 1 is 0.789 bits per heavy atom. The lowest BCUT2D eigenvalue weighted by atomic mass is 9.96. The van der Waals surface area contributed by atoms with E-state index in [1.54, 1.807) is 5.38 Å². The Labute approximate surface area is 518 Å². The second-order valence-corrected chi connectivity index (χ2v) is 22.7. The van der Waals surface area contributed by atoms with Crippen LogP contribution in [0, 0.1) is 12.8 Å². The van der Waals surface area contributed by atoms with E-state index >= 15 is 4.79 Å². The van der Waals surface area contributed by atoms with Gasteiger partial charge in [0.25, 0.3) is 11.8 Å². The molecule has 0 aromatic carbocycles. The number of carbonyl (C=O) groups is 8. The molecule has 90 heavy (non-hydrogen) atoms. The Kier molecular flexibility index (Phi) is 25.3. The summed E-state index contributed by atoms with van der Waals surface area (Å²) in [5.41, 5.74) is 33.1. The van der Waals surface area contributed by atoms with Gasteiger partial charge in [-0.15, -0.1) is 22.7 Å². The SMILES string of the molecule is Cc1c(N)nc([C@H](CC(N)=O)NC[C@H](N)C(N)=O)nc1C(=O)N[C@H](C(=O)N[C@H](C)[C@@H](O)[C@H](C)C(=O)N[C@H](C(=O)NCCc1nc(-c2nc(C(N)=O)cs2)cs1)[C@@H](C)O)[C@@H](OC1OC(CO)C(O)C(O)C1OC1OC(CO)C(O)C(OC(N)=O)C1O)c1cnc[nH]1. The van der Waals surface area contributed by atoms with Crippen molar-refractivity contribution >= 4 is 75.9 Å². The van der Waals surface area contributed by atoms with Gasteiger partial charge in [-0.2, -0.15) is 0 Å². The van der Waals surface area contributed by atoms with Crippen LogP contribution in [0.25, 0.3) is 10.7 Å². The number of nitrogen functional groups attached to an aromatic ring is 1. The molecule has 38 nitrogen and oxygen atoms in total. The molecule has 4 aromatic rings. The molecule has 496 valence electrons. The second kappa shape index (κ2) is 31.9. The molecule has 26 N–H and O–H groups in total. The molecule has 2 fully saturated rings. The number of H-pyrrole nitrogens is 1. The highest BCUT2D eigenvalue weighted by Gasteiger charge is 2.54. The third-order valence-corrected chi connectivity index (χ3v) is 16.1. The van der Waals surface area contributed by atoms with Crippen LogP contribution in [0.1, 0.15) is 82.4 Å². The number of carbonyl (C=O) groups excluding carboxylic acids is 8. The third-order valence-electron chi connectivity index (χ3n) is 14.3. The van der Waals surface area contributed by atoms with Crippen LogP contribution in [0.3, 0.4) is 0 Å². The minimum atomic E-state index is -2.20. The molecule has 6 rings (SSSR count). The van der Waals surface area contributed by atoms with Gasteiger partial charge in [0.2, 0.25) is 29.5 Å². The zero-order chi connectivity index (χ0) is 66.6. The third kappa shape index (κ3) is 17.9. The van der Waals surface area contributed by atoms with Gasteiger partial charge in [0.05, 0.1) is 72.7 Å². The highest BCUT2D eigenvalue weighted by molar-refractivity contribution is 7.14. The molecule has 0 bridgehead atoms. The number of amides is 8. The Morgan fingerprint density at radius 2 is 1.47 bits per heavy atom. The van der Waals surface area contributed by atoms with Crippen LogP contribution < -0.4 is 61.0 Å². The summed E-state index contributed by atoms with van der Waals surface area (Å²) in [6.45, 7) is 2.60. The number of nitrogens with zero attached hydrogens (tertiary/aromatic N) is 5. The largest absolute Gasteiger partial charge is 0.441 e. The van der Waals surface area contributed by atoms with Crippen LogP contribution in [0.5, 0.6) is 0 Å². The maximum absolute atomic E-state index is 15.1. The zero-order valence-corrected chi connectivity index (χ0v) is 50.1. The number of primary amides is 4. The number of rotatable bonds is 31. The van der Waals surface area contributed by atoms with E-state index in [9.17, 15) is 74.4 Å². The molecule has 0 saturated carbocycles.